The van der Waals surface area contributed by atoms with Crippen molar-refractivity contribution in [1.82, 2.24) is 0 Å². The minimum Gasteiger partial charge on any atom is -0.486 e. The predicted molar refractivity (Wildman–Crippen MR) is 95.1 cm³/mol. The number of rotatable bonds is 1. The lowest BCUT2D eigenvalue weighted by atomic mass is 9.77. The summed E-state index contributed by atoms with van der Waals surface area (Å²) >= 11 is 0. The van der Waals surface area contributed by atoms with Gasteiger partial charge in [-0.15, -0.1) is 0 Å². The number of aryl methyl sites for hydroxylation is 2. The van der Waals surface area contributed by atoms with Crippen LogP contribution in [0.2, 0.25) is 0 Å². The lowest BCUT2D eigenvalue weighted by Gasteiger charge is -2.41. The topological polar surface area (TPSA) is 13.1 Å². The van der Waals surface area contributed by atoms with Gasteiger partial charge in [-0.3, -0.25) is 0 Å². The minimum absolute atomic E-state index is 0.111. The molecule has 5 rings (SSSR count). The van der Waals surface area contributed by atoms with E-state index in [1.54, 1.807) is 0 Å². The Morgan fingerprint density at radius 1 is 1.00 bits per heavy atom. The van der Waals surface area contributed by atoms with Gasteiger partial charge in [-0.05, 0) is 63.5 Å². The molecular weight excluding hydrogens is 294 g/mol. The number of aromatic nitrogens is 1. The Kier molecular flexibility index (Phi) is 2.93. The molecule has 2 aliphatic carbocycles. The van der Waals surface area contributed by atoms with Crippen molar-refractivity contribution in [3.8, 4) is 17.0 Å². The lowest BCUT2D eigenvalue weighted by Crippen LogP contribution is -2.42. The van der Waals surface area contributed by atoms with Gasteiger partial charge in [0, 0.05) is 23.1 Å². The Morgan fingerprint density at radius 2 is 1.79 bits per heavy atom. The van der Waals surface area contributed by atoms with Crippen LogP contribution in [0.5, 0.6) is 5.75 Å². The van der Waals surface area contributed by atoms with Gasteiger partial charge in [0.15, 0.2) is 6.20 Å². The number of nitrogens with zero attached hydrogens (tertiary/aromatic N) is 1. The third-order valence-electron chi connectivity index (χ3n) is 6.60. The average Bonchev–Trinajstić information content (AvgIpc) is 3.18. The second kappa shape index (κ2) is 4.84. The van der Waals surface area contributed by atoms with E-state index < -0.39 is 0 Å². The first kappa shape index (κ1) is 14.5. The molecule has 1 aliphatic heterocycles. The molecule has 0 bridgehead atoms. The van der Waals surface area contributed by atoms with E-state index in [1.165, 1.54) is 73.1 Å². The van der Waals surface area contributed by atoms with Crippen LogP contribution < -0.4 is 9.30 Å². The molecule has 0 saturated heterocycles. The molecule has 2 heteroatoms. The minimum atomic E-state index is 0.111. The molecule has 1 aromatic carbocycles. The van der Waals surface area contributed by atoms with Crippen molar-refractivity contribution >= 4 is 0 Å². The SMILES string of the molecule is Cc1ccc2c(c1-c1cccc[n+]1C)OC1(CCCC1)CC21CC1. The van der Waals surface area contributed by atoms with Crippen molar-refractivity contribution in [3.05, 3.63) is 47.7 Å². The molecule has 0 radical (unpaired) electrons. The van der Waals surface area contributed by atoms with Gasteiger partial charge < -0.3 is 4.74 Å². The maximum absolute atomic E-state index is 6.86. The molecule has 124 valence electrons. The number of pyridine rings is 1. The van der Waals surface area contributed by atoms with E-state index >= 15 is 0 Å². The first-order valence-corrected chi connectivity index (χ1v) is 9.41. The van der Waals surface area contributed by atoms with Crippen LogP contribution in [0.4, 0.5) is 0 Å². The van der Waals surface area contributed by atoms with Crippen LogP contribution in [0.25, 0.3) is 11.3 Å². The molecule has 3 aliphatic rings. The Labute approximate surface area is 144 Å². The maximum Gasteiger partial charge on any atom is 0.216 e. The summed E-state index contributed by atoms with van der Waals surface area (Å²) in [6.07, 6.45) is 11.2. The molecule has 0 amide bonds. The summed E-state index contributed by atoms with van der Waals surface area (Å²) in [5, 5.41) is 0. The van der Waals surface area contributed by atoms with E-state index in [4.69, 9.17) is 4.74 Å². The van der Waals surface area contributed by atoms with E-state index in [2.05, 4.69) is 55.1 Å². The van der Waals surface area contributed by atoms with Crippen LogP contribution in [0, 0.1) is 6.92 Å². The van der Waals surface area contributed by atoms with Crippen LogP contribution in [0.1, 0.15) is 56.1 Å². The number of hydrogen-bond acceptors (Lipinski definition) is 1. The molecule has 2 heterocycles. The molecule has 0 atom stereocenters. The zero-order valence-corrected chi connectivity index (χ0v) is 14.8. The Balaban J connectivity index is 1.75. The highest BCUT2D eigenvalue weighted by molar-refractivity contribution is 5.73. The van der Waals surface area contributed by atoms with Crippen LogP contribution in [0.3, 0.4) is 0 Å². The number of benzene rings is 1. The molecule has 2 spiro atoms. The Bertz CT molecular complexity index is 813. The van der Waals surface area contributed by atoms with Gasteiger partial charge in [0.05, 0.1) is 5.56 Å². The zero-order chi connectivity index (χ0) is 16.4. The van der Waals surface area contributed by atoms with Gasteiger partial charge in [-0.25, -0.2) is 4.57 Å². The summed E-state index contributed by atoms with van der Waals surface area (Å²) in [7, 11) is 2.13. The van der Waals surface area contributed by atoms with Crippen molar-refractivity contribution in [2.75, 3.05) is 0 Å². The van der Waals surface area contributed by atoms with Crippen molar-refractivity contribution < 1.29 is 9.30 Å². The number of ether oxygens (including phenoxy) is 1. The van der Waals surface area contributed by atoms with Gasteiger partial charge >= 0.3 is 0 Å². The van der Waals surface area contributed by atoms with Gasteiger partial charge in [0.1, 0.15) is 18.4 Å². The monoisotopic (exact) mass is 320 g/mol. The molecule has 1 aromatic heterocycles. The van der Waals surface area contributed by atoms with Crippen molar-refractivity contribution in [2.24, 2.45) is 7.05 Å². The summed E-state index contributed by atoms with van der Waals surface area (Å²) < 4.78 is 9.09. The lowest BCUT2D eigenvalue weighted by molar-refractivity contribution is -0.660. The highest BCUT2D eigenvalue weighted by atomic mass is 16.5. The van der Waals surface area contributed by atoms with Gasteiger partial charge in [-0.1, -0.05) is 12.1 Å². The van der Waals surface area contributed by atoms with E-state index in [1.807, 2.05) is 0 Å². The standard InChI is InChI=1S/C22H26NO/c1-16-8-9-17-20(19(16)18-7-3-6-14-23(18)2)24-22(10-4-5-11-22)15-21(17)12-13-21/h3,6-9,14H,4-5,10-13,15H2,1-2H3/q+1. The Morgan fingerprint density at radius 3 is 2.50 bits per heavy atom. The fraction of sp³-hybridized carbons (Fsp3) is 0.500. The molecule has 0 N–H and O–H groups in total. The second-order valence-corrected chi connectivity index (χ2v) is 8.28. The Hall–Kier alpha value is -1.83. The van der Waals surface area contributed by atoms with E-state index in [0.29, 0.717) is 5.41 Å². The summed E-state index contributed by atoms with van der Waals surface area (Å²) in [6, 6.07) is 11.1. The van der Waals surface area contributed by atoms with E-state index in [-0.39, 0.29) is 5.60 Å². The smallest absolute Gasteiger partial charge is 0.216 e. The number of hydrogen-bond donors (Lipinski definition) is 0. The first-order valence-electron chi connectivity index (χ1n) is 9.41. The zero-order valence-electron chi connectivity index (χ0n) is 14.8. The van der Waals surface area contributed by atoms with Crippen LogP contribution in [-0.4, -0.2) is 5.60 Å². The van der Waals surface area contributed by atoms with Gasteiger partial charge in [0.25, 0.3) is 0 Å². The van der Waals surface area contributed by atoms with Crippen LogP contribution in [-0.2, 0) is 12.5 Å². The third-order valence-corrected chi connectivity index (χ3v) is 6.60. The summed E-state index contributed by atoms with van der Waals surface area (Å²) in [5.74, 6) is 1.20. The van der Waals surface area contributed by atoms with Crippen LogP contribution in [0.15, 0.2) is 36.5 Å². The molecular formula is C22H26NO+. The fourth-order valence-electron chi connectivity index (χ4n) is 5.17. The average molecular weight is 320 g/mol. The largest absolute Gasteiger partial charge is 0.486 e. The van der Waals surface area contributed by atoms with E-state index in [0.717, 1.165) is 0 Å². The first-order chi connectivity index (χ1) is 11.6. The van der Waals surface area contributed by atoms with Crippen molar-refractivity contribution in [1.29, 1.82) is 0 Å². The molecule has 2 nitrogen and oxygen atoms in total. The highest BCUT2D eigenvalue weighted by Gasteiger charge is 2.57. The molecule has 0 unspecified atom stereocenters. The number of fused-ring (bicyclic) bond motifs is 2. The quantitative estimate of drug-likeness (QED) is 0.699. The van der Waals surface area contributed by atoms with Crippen molar-refractivity contribution in [3.63, 3.8) is 0 Å². The van der Waals surface area contributed by atoms with Gasteiger partial charge in [0.2, 0.25) is 5.69 Å². The normalized spacial score (nSPS) is 22.4. The molecule has 2 aromatic rings. The van der Waals surface area contributed by atoms with Crippen molar-refractivity contribution in [2.45, 2.75) is 62.9 Å². The maximum atomic E-state index is 6.86. The van der Waals surface area contributed by atoms with Crippen LogP contribution >= 0.6 is 0 Å². The fourth-order valence-corrected chi connectivity index (χ4v) is 5.17. The summed E-state index contributed by atoms with van der Waals surface area (Å²) in [6.45, 7) is 2.22. The summed E-state index contributed by atoms with van der Waals surface area (Å²) in [5.41, 5.74) is 5.89. The summed E-state index contributed by atoms with van der Waals surface area (Å²) in [4.78, 5) is 0. The molecule has 2 fully saturated rings. The van der Waals surface area contributed by atoms with E-state index in [9.17, 15) is 0 Å². The second-order valence-electron chi connectivity index (χ2n) is 8.28. The third kappa shape index (κ3) is 1.98. The predicted octanol–water partition coefficient (Wildman–Crippen LogP) is 4.61. The molecule has 24 heavy (non-hydrogen) atoms. The highest BCUT2D eigenvalue weighted by Crippen LogP contribution is 2.63. The molecule has 2 saturated carbocycles. The van der Waals surface area contributed by atoms with Gasteiger partial charge in [-0.2, -0.15) is 0 Å².